The molecule has 102 valence electrons. The van der Waals surface area contributed by atoms with Crippen LogP contribution in [0.4, 0.5) is 5.69 Å². The number of nitriles is 1. The molecule has 0 bridgehead atoms. The van der Waals surface area contributed by atoms with Crippen molar-refractivity contribution in [2.75, 3.05) is 11.6 Å². The van der Waals surface area contributed by atoms with Gasteiger partial charge in [0.2, 0.25) is 0 Å². The summed E-state index contributed by atoms with van der Waals surface area (Å²) in [6, 6.07) is 9.61. The molecule has 0 aromatic heterocycles. The van der Waals surface area contributed by atoms with Crippen molar-refractivity contribution in [1.29, 1.82) is 5.26 Å². The number of anilines is 1. The number of hydrogen-bond acceptors (Lipinski definition) is 4. The number of nitrogens with one attached hydrogen (secondary N) is 1. The molecule has 0 saturated heterocycles. The summed E-state index contributed by atoms with van der Waals surface area (Å²) in [5, 5.41) is 12.0. The van der Waals surface area contributed by atoms with E-state index in [1.54, 1.807) is 0 Å². The van der Waals surface area contributed by atoms with Crippen molar-refractivity contribution < 1.29 is 8.42 Å². The molecule has 1 aromatic rings. The van der Waals surface area contributed by atoms with Crippen molar-refractivity contribution in [3.05, 3.63) is 28.7 Å². The van der Waals surface area contributed by atoms with Gasteiger partial charge in [0.15, 0.2) is 9.84 Å². The van der Waals surface area contributed by atoms with Crippen LogP contribution in [0.2, 0.25) is 0 Å². The molecule has 1 N–H and O–H groups in total. The molecular formula is C13H15BrN2O2S. The molecule has 2 unspecified atom stereocenters. The molecule has 1 saturated carbocycles. The fraction of sp³-hybridized carbons (Fsp3) is 0.462. The Morgan fingerprint density at radius 3 is 2.84 bits per heavy atom. The first-order valence-electron chi connectivity index (χ1n) is 6.01. The van der Waals surface area contributed by atoms with Crippen LogP contribution in [0.25, 0.3) is 0 Å². The second-order valence-corrected chi connectivity index (χ2v) is 8.07. The van der Waals surface area contributed by atoms with Crippen LogP contribution >= 0.6 is 15.9 Å². The maximum absolute atomic E-state index is 11.9. The summed E-state index contributed by atoms with van der Waals surface area (Å²) in [6.07, 6.45) is 3.03. The van der Waals surface area contributed by atoms with E-state index in [4.69, 9.17) is 0 Å². The van der Waals surface area contributed by atoms with E-state index < -0.39 is 20.6 Å². The van der Waals surface area contributed by atoms with Crippen LogP contribution in [0.15, 0.2) is 28.7 Å². The normalized spacial score (nSPS) is 26.9. The zero-order valence-electron chi connectivity index (χ0n) is 10.6. The van der Waals surface area contributed by atoms with Gasteiger partial charge >= 0.3 is 0 Å². The van der Waals surface area contributed by atoms with Gasteiger partial charge in [-0.3, -0.25) is 0 Å². The van der Waals surface area contributed by atoms with Crippen molar-refractivity contribution in [3.63, 3.8) is 0 Å². The highest BCUT2D eigenvalue weighted by molar-refractivity contribution is 9.10. The van der Waals surface area contributed by atoms with Crippen molar-refractivity contribution in [2.24, 2.45) is 0 Å². The quantitative estimate of drug-likeness (QED) is 0.916. The van der Waals surface area contributed by atoms with Crippen LogP contribution in [-0.2, 0) is 9.84 Å². The number of halogens is 1. The number of sulfone groups is 1. The molecule has 1 aromatic carbocycles. The van der Waals surface area contributed by atoms with Gasteiger partial charge in [-0.2, -0.15) is 5.26 Å². The number of hydrogen-bond donors (Lipinski definition) is 1. The largest absolute Gasteiger partial charge is 0.366 e. The first-order valence-corrected chi connectivity index (χ1v) is 8.76. The molecule has 1 aliphatic rings. The molecule has 19 heavy (non-hydrogen) atoms. The van der Waals surface area contributed by atoms with Crippen LogP contribution in [0.3, 0.4) is 0 Å². The maximum atomic E-state index is 11.9. The molecule has 0 radical (unpaired) electrons. The molecule has 0 heterocycles. The third kappa shape index (κ3) is 2.93. The monoisotopic (exact) mass is 342 g/mol. The van der Waals surface area contributed by atoms with Gasteiger partial charge in [0.05, 0.1) is 11.3 Å². The molecule has 4 nitrogen and oxygen atoms in total. The highest BCUT2D eigenvalue weighted by Gasteiger charge is 2.48. The van der Waals surface area contributed by atoms with E-state index in [2.05, 4.69) is 27.3 Å². The second kappa shape index (κ2) is 5.14. The fourth-order valence-electron chi connectivity index (χ4n) is 2.68. The van der Waals surface area contributed by atoms with Gasteiger partial charge in [0.25, 0.3) is 0 Å². The first kappa shape index (κ1) is 14.4. The minimum absolute atomic E-state index is 0.535. The summed E-state index contributed by atoms with van der Waals surface area (Å²) >= 11 is 3.36. The van der Waals surface area contributed by atoms with Crippen molar-refractivity contribution >= 4 is 31.5 Å². The van der Waals surface area contributed by atoms with Crippen LogP contribution in [0.1, 0.15) is 19.3 Å². The van der Waals surface area contributed by atoms with Gasteiger partial charge in [-0.05, 0) is 37.5 Å². The predicted octanol–water partition coefficient (Wildman–Crippen LogP) is 2.72. The van der Waals surface area contributed by atoms with E-state index in [-0.39, 0.29) is 0 Å². The summed E-state index contributed by atoms with van der Waals surface area (Å²) in [4.78, 5) is 0. The molecule has 0 aliphatic heterocycles. The SMILES string of the molecule is CS(=O)(=O)C1CCCC1(C#N)Nc1cccc(Br)c1. The fourth-order valence-corrected chi connectivity index (χ4v) is 4.63. The van der Waals surface area contributed by atoms with Crippen molar-refractivity contribution in [2.45, 2.75) is 30.1 Å². The summed E-state index contributed by atoms with van der Waals surface area (Å²) in [7, 11) is -3.25. The lowest BCUT2D eigenvalue weighted by molar-refractivity contribution is 0.552. The average molecular weight is 343 g/mol. The Balaban J connectivity index is 2.36. The van der Waals surface area contributed by atoms with Gasteiger partial charge in [0, 0.05) is 16.4 Å². The number of benzene rings is 1. The van der Waals surface area contributed by atoms with Crippen LogP contribution in [-0.4, -0.2) is 25.5 Å². The third-order valence-corrected chi connectivity index (χ3v) is 5.66. The lowest BCUT2D eigenvalue weighted by Crippen LogP contribution is -2.47. The third-order valence-electron chi connectivity index (χ3n) is 3.50. The molecule has 0 amide bonds. The summed E-state index contributed by atoms with van der Waals surface area (Å²) in [5.74, 6) is 0. The molecule has 2 rings (SSSR count). The molecule has 1 fully saturated rings. The van der Waals surface area contributed by atoms with Crippen LogP contribution in [0, 0.1) is 11.3 Å². The maximum Gasteiger partial charge on any atom is 0.153 e. The Hall–Kier alpha value is -1.06. The van der Waals surface area contributed by atoms with Crippen LogP contribution in [0.5, 0.6) is 0 Å². The van der Waals surface area contributed by atoms with Gasteiger partial charge in [-0.15, -0.1) is 0 Å². The van der Waals surface area contributed by atoms with E-state index in [1.165, 1.54) is 6.26 Å². The highest BCUT2D eigenvalue weighted by atomic mass is 79.9. The van der Waals surface area contributed by atoms with Gasteiger partial charge < -0.3 is 5.32 Å². The molecule has 0 spiro atoms. The minimum atomic E-state index is -3.25. The lowest BCUT2D eigenvalue weighted by atomic mass is 9.99. The summed E-state index contributed by atoms with van der Waals surface area (Å²) < 4.78 is 24.6. The number of nitrogens with zero attached hydrogens (tertiary/aromatic N) is 1. The van der Waals surface area contributed by atoms with Crippen molar-refractivity contribution in [1.82, 2.24) is 0 Å². The summed E-state index contributed by atoms with van der Waals surface area (Å²) in [6.45, 7) is 0. The van der Waals surface area contributed by atoms with E-state index in [0.29, 0.717) is 12.8 Å². The van der Waals surface area contributed by atoms with Gasteiger partial charge in [-0.25, -0.2) is 8.42 Å². The van der Waals surface area contributed by atoms with Crippen LogP contribution < -0.4 is 5.32 Å². The van der Waals surface area contributed by atoms with Gasteiger partial charge in [0.1, 0.15) is 5.54 Å². The first-order chi connectivity index (χ1) is 8.87. The Morgan fingerprint density at radius 1 is 1.53 bits per heavy atom. The summed E-state index contributed by atoms with van der Waals surface area (Å²) in [5.41, 5.74) is -0.263. The second-order valence-electron chi connectivity index (χ2n) is 4.93. The zero-order valence-corrected chi connectivity index (χ0v) is 13.0. The average Bonchev–Trinajstić information content (AvgIpc) is 2.73. The van der Waals surface area contributed by atoms with Crippen molar-refractivity contribution in [3.8, 4) is 6.07 Å². The molecule has 6 heteroatoms. The smallest absolute Gasteiger partial charge is 0.153 e. The standard InChI is InChI=1S/C13H15BrN2O2S/c1-19(17,18)12-6-3-7-13(12,9-15)16-11-5-2-4-10(14)8-11/h2,4-5,8,12,16H,3,6-7H2,1H3. The zero-order chi connectivity index (χ0) is 14.1. The molecule has 2 atom stereocenters. The molecule has 1 aliphatic carbocycles. The predicted molar refractivity (Wildman–Crippen MR) is 78.6 cm³/mol. The molecular weight excluding hydrogens is 328 g/mol. The Morgan fingerprint density at radius 2 is 2.26 bits per heavy atom. The topological polar surface area (TPSA) is 70.0 Å². The van der Waals surface area contributed by atoms with E-state index in [1.807, 2.05) is 24.3 Å². The Kier molecular flexibility index (Phi) is 3.88. The minimum Gasteiger partial charge on any atom is -0.366 e. The van der Waals surface area contributed by atoms with E-state index in [0.717, 1.165) is 16.6 Å². The lowest BCUT2D eigenvalue weighted by Gasteiger charge is -2.29. The van der Waals surface area contributed by atoms with E-state index >= 15 is 0 Å². The van der Waals surface area contributed by atoms with E-state index in [9.17, 15) is 13.7 Å². The van der Waals surface area contributed by atoms with Gasteiger partial charge in [-0.1, -0.05) is 22.0 Å². The Labute approximate surface area is 121 Å². The highest BCUT2D eigenvalue weighted by Crippen LogP contribution is 2.37. The Bertz CT molecular complexity index is 624. The number of rotatable bonds is 3.